The highest BCUT2D eigenvalue weighted by atomic mass is 32.2. The number of hydrogen-bond acceptors (Lipinski definition) is 6. The summed E-state index contributed by atoms with van der Waals surface area (Å²) in [4.78, 5) is 14.5. The Bertz CT molecular complexity index is 609. The summed E-state index contributed by atoms with van der Waals surface area (Å²) in [5.74, 6) is 1.36. The Labute approximate surface area is 139 Å². The third kappa shape index (κ3) is 3.83. The highest BCUT2D eigenvalue weighted by Crippen LogP contribution is 2.27. The van der Waals surface area contributed by atoms with Crippen LogP contribution < -0.4 is 5.32 Å². The molecular formula is C13H21N3O3S3. The molecule has 0 bridgehead atoms. The van der Waals surface area contributed by atoms with Crippen LogP contribution in [0.5, 0.6) is 0 Å². The van der Waals surface area contributed by atoms with Gasteiger partial charge in [-0.1, -0.05) is 0 Å². The summed E-state index contributed by atoms with van der Waals surface area (Å²) in [7, 11) is -0.0801. The predicted octanol–water partition coefficient (Wildman–Crippen LogP) is 0.777. The Kier molecular flexibility index (Phi) is 6.27. The van der Waals surface area contributed by atoms with E-state index in [-0.39, 0.29) is 10.8 Å². The lowest BCUT2D eigenvalue weighted by atomic mass is 10.4. The molecular weight excluding hydrogens is 342 g/mol. The van der Waals surface area contributed by atoms with Crippen molar-refractivity contribution in [3.05, 3.63) is 16.3 Å². The van der Waals surface area contributed by atoms with Crippen LogP contribution in [0, 0.1) is 0 Å². The summed E-state index contributed by atoms with van der Waals surface area (Å²) in [6, 6.07) is 1.54. The van der Waals surface area contributed by atoms with Crippen molar-refractivity contribution >= 4 is 39.0 Å². The fourth-order valence-corrected chi connectivity index (χ4v) is 6.10. The van der Waals surface area contributed by atoms with Gasteiger partial charge in [0.2, 0.25) is 10.0 Å². The van der Waals surface area contributed by atoms with Gasteiger partial charge in [0, 0.05) is 44.7 Å². The van der Waals surface area contributed by atoms with E-state index in [9.17, 15) is 13.2 Å². The van der Waals surface area contributed by atoms with Crippen molar-refractivity contribution in [3.8, 4) is 0 Å². The number of thiophene rings is 1. The molecule has 0 saturated carbocycles. The van der Waals surface area contributed by atoms with Crippen LogP contribution in [0.25, 0.3) is 0 Å². The van der Waals surface area contributed by atoms with E-state index in [1.165, 1.54) is 15.6 Å². The molecule has 124 valence electrons. The van der Waals surface area contributed by atoms with E-state index in [0.29, 0.717) is 31.1 Å². The summed E-state index contributed by atoms with van der Waals surface area (Å²) < 4.78 is 27.0. The Balaban J connectivity index is 2.23. The molecule has 2 rings (SSSR count). The molecule has 22 heavy (non-hydrogen) atoms. The second kappa shape index (κ2) is 7.78. The number of carbonyl (C=O) groups is 1. The lowest BCUT2D eigenvalue weighted by Crippen LogP contribution is -2.39. The monoisotopic (exact) mass is 363 g/mol. The molecule has 0 radical (unpaired) electrons. The van der Waals surface area contributed by atoms with E-state index < -0.39 is 10.0 Å². The van der Waals surface area contributed by atoms with Gasteiger partial charge in [0.1, 0.15) is 9.77 Å². The lowest BCUT2D eigenvalue weighted by Gasteiger charge is -2.26. The number of rotatable bonds is 6. The minimum absolute atomic E-state index is 0.144. The Morgan fingerprint density at radius 2 is 2.09 bits per heavy atom. The second-order valence-corrected chi connectivity index (χ2v) is 9.01. The first-order valence-corrected chi connectivity index (χ1v) is 10.5. The van der Waals surface area contributed by atoms with Crippen LogP contribution in [0.2, 0.25) is 0 Å². The highest BCUT2D eigenvalue weighted by molar-refractivity contribution is 7.99. The highest BCUT2D eigenvalue weighted by Gasteiger charge is 2.31. The van der Waals surface area contributed by atoms with Crippen LogP contribution >= 0.6 is 23.1 Å². The number of thioether (sulfide) groups is 1. The van der Waals surface area contributed by atoms with Crippen LogP contribution in [0.15, 0.2) is 16.3 Å². The molecule has 1 amide bonds. The molecule has 0 aromatic carbocycles. The fraction of sp³-hybridized carbons (Fsp3) is 0.615. The number of nitrogens with one attached hydrogen (secondary N) is 1. The molecule has 1 aromatic heterocycles. The normalized spacial score (nSPS) is 16.6. The van der Waals surface area contributed by atoms with Gasteiger partial charge in [-0.3, -0.25) is 4.79 Å². The number of nitrogens with zero attached hydrogens (tertiary/aromatic N) is 2. The number of carbonyl (C=O) groups excluding carboxylic acids is 1. The van der Waals surface area contributed by atoms with Gasteiger partial charge in [0.05, 0.1) is 0 Å². The summed E-state index contributed by atoms with van der Waals surface area (Å²) in [6.45, 7) is 2.21. The van der Waals surface area contributed by atoms with Crippen molar-refractivity contribution in [2.45, 2.75) is 4.90 Å². The van der Waals surface area contributed by atoms with Gasteiger partial charge >= 0.3 is 0 Å². The van der Waals surface area contributed by atoms with Crippen LogP contribution in [-0.4, -0.2) is 75.3 Å². The van der Waals surface area contributed by atoms with Crippen LogP contribution in [0.3, 0.4) is 0 Å². The fourth-order valence-electron chi connectivity index (χ4n) is 2.14. The lowest BCUT2D eigenvalue weighted by molar-refractivity contribution is 0.0798. The standard InChI is InChI=1S/C13H21N3O3S3/c1-14-4-5-15(2)13(17)12-11(3-8-21-12)22(18,19)16-6-9-20-10-7-16/h3,8,14H,4-7,9-10H2,1-2H3. The zero-order valence-electron chi connectivity index (χ0n) is 12.7. The summed E-state index contributed by atoms with van der Waals surface area (Å²) >= 11 is 2.94. The SMILES string of the molecule is CNCCN(C)C(=O)c1sccc1S(=O)(=O)N1CCSCC1. The van der Waals surface area contributed by atoms with E-state index in [2.05, 4.69) is 5.32 Å². The molecule has 0 atom stereocenters. The number of hydrogen-bond donors (Lipinski definition) is 1. The number of likely N-dealkylation sites (N-methyl/N-ethyl adjacent to an activating group) is 2. The third-order valence-corrected chi connectivity index (χ3v) is 7.37. The van der Waals surface area contributed by atoms with Gasteiger partial charge in [0.15, 0.2) is 0 Å². The van der Waals surface area contributed by atoms with Gasteiger partial charge in [-0.05, 0) is 18.5 Å². The van der Waals surface area contributed by atoms with Crippen molar-refractivity contribution in [2.24, 2.45) is 0 Å². The van der Waals surface area contributed by atoms with Crippen molar-refractivity contribution in [1.82, 2.24) is 14.5 Å². The molecule has 1 aromatic rings. The minimum Gasteiger partial charge on any atom is -0.340 e. The number of sulfonamides is 1. The Hall–Kier alpha value is -0.610. The minimum atomic E-state index is -3.58. The Morgan fingerprint density at radius 1 is 1.41 bits per heavy atom. The molecule has 1 N–H and O–H groups in total. The van der Waals surface area contributed by atoms with Gasteiger partial charge in [-0.25, -0.2) is 8.42 Å². The Morgan fingerprint density at radius 3 is 2.73 bits per heavy atom. The molecule has 1 fully saturated rings. The van der Waals surface area contributed by atoms with Gasteiger partial charge in [-0.2, -0.15) is 16.1 Å². The molecule has 6 nitrogen and oxygen atoms in total. The zero-order valence-corrected chi connectivity index (χ0v) is 15.2. The quantitative estimate of drug-likeness (QED) is 0.809. The molecule has 9 heteroatoms. The van der Waals surface area contributed by atoms with Gasteiger partial charge in [0.25, 0.3) is 5.91 Å². The summed E-state index contributed by atoms with van der Waals surface area (Å²) in [6.07, 6.45) is 0. The molecule has 2 heterocycles. The average Bonchev–Trinajstić information content (AvgIpc) is 3.03. The molecule has 1 aliphatic rings. The van der Waals surface area contributed by atoms with Crippen molar-refractivity contribution < 1.29 is 13.2 Å². The van der Waals surface area contributed by atoms with Gasteiger partial charge < -0.3 is 10.2 Å². The van der Waals surface area contributed by atoms with Crippen molar-refractivity contribution in [3.63, 3.8) is 0 Å². The topological polar surface area (TPSA) is 69.7 Å². The van der Waals surface area contributed by atoms with Crippen molar-refractivity contribution in [1.29, 1.82) is 0 Å². The maximum atomic E-state index is 12.8. The zero-order chi connectivity index (χ0) is 16.2. The molecule has 0 spiro atoms. The van der Waals surface area contributed by atoms with Gasteiger partial charge in [-0.15, -0.1) is 11.3 Å². The number of amides is 1. The molecule has 1 saturated heterocycles. The molecule has 1 aliphatic heterocycles. The molecule has 0 aliphatic carbocycles. The predicted molar refractivity (Wildman–Crippen MR) is 91.3 cm³/mol. The maximum Gasteiger partial charge on any atom is 0.265 e. The van der Waals surface area contributed by atoms with E-state index in [1.807, 2.05) is 7.05 Å². The van der Waals surface area contributed by atoms with E-state index >= 15 is 0 Å². The van der Waals surface area contributed by atoms with E-state index in [0.717, 1.165) is 11.5 Å². The molecule has 0 unspecified atom stereocenters. The van der Waals surface area contributed by atoms with Crippen LogP contribution in [0.4, 0.5) is 0 Å². The third-order valence-electron chi connectivity index (χ3n) is 3.46. The first-order chi connectivity index (χ1) is 10.5. The van der Waals surface area contributed by atoms with Crippen molar-refractivity contribution in [2.75, 3.05) is 51.8 Å². The second-order valence-electron chi connectivity index (χ2n) is 4.96. The maximum absolute atomic E-state index is 12.8. The average molecular weight is 364 g/mol. The first kappa shape index (κ1) is 17.7. The van der Waals surface area contributed by atoms with Crippen LogP contribution in [0.1, 0.15) is 9.67 Å². The largest absolute Gasteiger partial charge is 0.340 e. The summed E-state index contributed by atoms with van der Waals surface area (Å²) in [5.41, 5.74) is 0. The smallest absolute Gasteiger partial charge is 0.265 e. The van der Waals surface area contributed by atoms with E-state index in [4.69, 9.17) is 0 Å². The van der Waals surface area contributed by atoms with E-state index in [1.54, 1.807) is 35.2 Å². The first-order valence-electron chi connectivity index (χ1n) is 7.04. The van der Waals surface area contributed by atoms with Crippen LogP contribution in [-0.2, 0) is 10.0 Å². The summed E-state index contributed by atoms with van der Waals surface area (Å²) in [5, 5.41) is 4.65.